The van der Waals surface area contributed by atoms with Gasteiger partial charge in [0.2, 0.25) is 11.8 Å². The Morgan fingerprint density at radius 3 is 2.70 bits per heavy atom. The van der Waals surface area contributed by atoms with Gasteiger partial charge in [-0.1, -0.05) is 30.3 Å². The molecular formula is C29H31N7O3S. The SMILES string of the molecule is Cc1csc([C@H]2CCCN2C(=O)c2cc(-c3nnc(C(C)(N)Cc4ccccc4)o3)nc(N3CCCC3=O)c2)n1. The zero-order chi connectivity index (χ0) is 27.9. The van der Waals surface area contributed by atoms with Crippen molar-refractivity contribution in [2.24, 2.45) is 5.73 Å². The molecule has 0 bridgehead atoms. The van der Waals surface area contributed by atoms with Crippen LogP contribution in [0.3, 0.4) is 0 Å². The minimum absolute atomic E-state index is 0.0241. The number of thiazole rings is 1. The van der Waals surface area contributed by atoms with E-state index < -0.39 is 5.54 Å². The minimum Gasteiger partial charge on any atom is -0.417 e. The Labute approximate surface area is 236 Å². The molecule has 1 aromatic carbocycles. The van der Waals surface area contributed by atoms with E-state index in [1.54, 1.807) is 28.4 Å². The normalized spacial score (nSPS) is 18.9. The van der Waals surface area contributed by atoms with Gasteiger partial charge in [0, 0.05) is 36.1 Å². The van der Waals surface area contributed by atoms with Crippen LogP contribution in [0, 0.1) is 6.92 Å². The smallest absolute Gasteiger partial charge is 0.266 e. The molecule has 2 fully saturated rings. The fourth-order valence-electron chi connectivity index (χ4n) is 5.39. The van der Waals surface area contributed by atoms with Gasteiger partial charge in [0.25, 0.3) is 11.8 Å². The summed E-state index contributed by atoms with van der Waals surface area (Å²) in [5, 5.41) is 11.4. The van der Waals surface area contributed by atoms with Crippen molar-refractivity contribution in [1.29, 1.82) is 0 Å². The highest BCUT2D eigenvalue weighted by Gasteiger charge is 2.34. The first-order valence-corrected chi connectivity index (χ1v) is 14.4. The van der Waals surface area contributed by atoms with Gasteiger partial charge in [0.1, 0.15) is 16.5 Å². The van der Waals surface area contributed by atoms with E-state index in [0.717, 1.165) is 35.5 Å². The number of benzene rings is 1. The van der Waals surface area contributed by atoms with Crippen molar-refractivity contribution in [3.8, 4) is 11.6 Å². The predicted octanol–water partition coefficient (Wildman–Crippen LogP) is 4.42. The number of nitrogens with two attached hydrogens (primary N) is 1. The maximum atomic E-state index is 13.9. The van der Waals surface area contributed by atoms with Crippen molar-refractivity contribution in [3.05, 3.63) is 75.6 Å². The molecule has 2 amide bonds. The number of pyridine rings is 1. The van der Waals surface area contributed by atoms with E-state index in [-0.39, 0.29) is 29.6 Å². The number of likely N-dealkylation sites (tertiary alicyclic amines) is 1. The van der Waals surface area contributed by atoms with E-state index in [2.05, 4.69) is 15.2 Å². The van der Waals surface area contributed by atoms with E-state index in [0.29, 0.717) is 43.0 Å². The summed E-state index contributed by atoms with van der Waals surface area (Å²) in [6.07, 6.45) is 3.44. The predicted molar refractivity (Wildman–Crippen MR) is 151 cm³/mol. The maximum Gasteiger partial charge on any atom is 0.266 e. The summed E-state index contributed by atoms with van der Waals surface area (Å²) in [5.41, 5.74) is 8.43. The number of amides is 2. The van der Waals surface area contributed by atoms with Gasteiger partial charge in [-0.25, -0.2) is 9.97 Å². The number of aromatic nitrogens is 4. The second-order valence-corrected chi connectivity index (χ2v) is 11.6. The summed E-state index contributed by atoms with van der Waals surface area (Å²) in [7, 11) is 0. The van der Waals surface area contributed by atoms with E-state index in [9.17, 15) is 9.59 Å². The zero-order valence-corrected chi connectivity index (χ0v) is 23.4. The standard InChI is InChI=1S/C29H31N7O3S/c1-18-17-40-26(31-18)22-10-6-12-35(22)27(38)20-14-21(32-23(15-20)36-13-7-11-24(36)37)25-33-34-28(39-25)29(2,30)16-19-8-4-3-5-9-19/h3-5,8-9,14-15,17,22H,6-7,10-13,16,30H2,1-2H3/t22-,29?/m1/s1. The third-order valence-corrected chi connectivity index (χ3v) is 8.45. The lowest BCUT2D eigenvalue weighted by molar-refractivity contribution is -0.117. The molecule has 5 heterocycles. The lowest BCUT2D eigenvalue weighted by Gasteiger charge is -2.24. The lowest BCUT2D eigenvalue weighted by atomic mass is 9.94. The fraction of sp³-hybridized carbons (Fsp3) is 0.379. The highest BCUT2D eigenvalue weighted by Crippen LogP contribution is 2.36. The van der Waals surface area contributed by atoms with Gasteiger partial charge >= 0.3 is 0 Å². The molecule has 0 radical (unpaired) electrons. The number of carbonyl (C=O) groups excluding carboxylic acids is 2. The maximum absolute atomic E-state index is 13.9. The Morgan fingerprint density at radius 1 is 1.15 bits per heavy atom. The molecule has 2 aliphatic rings. The largest absolute Gasteiger partial charge is 0.417 e. The van der Waals surface area contributed by atoms with Crippen LogP contribution < -0.4 is 10.6 Å². The van der Waals surface area contributed by atoms with Crippen LogP contribution in [0.2, 0.25) is 0 Å². The van der Waals surface area contributed by atoms with Gasteiger partial charge in [-0.05, 0) is 57.2 Å². The number of carbonyl (C=O) groups is 2. The molecule has 0 aliphatic carbocycles. The number of nitrogens with zero attached hydrogens (tertiary/aromatic N) is 6. The molecule has 2 atom stereocenters. The molecule has 10 nitrogen and oxygen atoms in total. The molecule has 6 rings (SSSR count). The third-order valence-electron chi connectivity index (χ3n) is 7.39. The number of anilines is 1. The number of hydrogen-bond acceptors (Lipinski definition) is 9. The summed E-state index contributed by atoms with van der Waals surface area (Å²) in [6, 6.07) is 13.1. The van der Waals surface area contributed by atoms with Gasteiger partial charge in [-0.3, -0.25) is 14.5 Å². The first-order valence-electron chi connectivity index (χ1n) is 13.5. The highest BCUT2D eigenvalue weighted by atomic mass is 32.1. The average Bonchev–Trinajstić information content (AvgIpc) is 3.75. The molecule has 4 aromatic rings. The summed E-state index contributed by atoms with van der Waals surface area (Å²) < 4.78 is 6.06. The molecule has 1 unspecified atom stereocenters. The number of rotatable bonds is 7. The molecule has 0 spiro atoms. The monoisotopic (exact) mass is 557 g/mol. The van der Waals surface area contributed by atoms with Crippen molar-refractivity contribution >= 4 is 29.0 Å². The first kappa shape index (κ1) is 26.3. The van der Waals surface area contributed by atoms with E-state index in [1.807, 2.05) is 54.5 Å². The average molecular weight is 558 g/mol. The first-order chi connectivity index (χ1) is 19.3. The third kappa shape index (κ3) is 5.14. The molecule has 206 valence electrons. The van der Waals surface area contributed by atoms with Gasteiger partial charge in [0.05, 0.1) is 11.6 Å². The van der Waals surface area contributed by atoms with Crippen LogP contribution in [0.5, 0.6) is 0 Å². The zero-order valence-electron chi connectivity index (χ0n) is 22.5. The topological polar surface area (TPSA) is 131 Å². The summed E-state index contributed by atoms with van der Waals surface area (Å²) in [4.78, 5) is 39.4. The van der Waals surface area contributed by atoms with Gasteiger partial charge in [-0.2, -0.15) is 0 Å². The number of hydrogen-bond donors (Lipinski definition) is 1. The highest BCUT2D eigenvalue weighted by molar-refractivity contribution is 7.09. The molecule has 2 N–H and O–H groups in total. The van der Waals surface area contributed by atoms with Crippen molar-refractivity contribution in [3.63, 3.8) is 0 Å². The second-order valence-electron chi connectivity index (χ2n) is 10.7. The van der Waals surface area contributed by atoms with Crippen LogP contribution in [0.1, 0.15) is 71.2 Å². The molecule has 2 saturated heterocycles. The van der Waals surface area contributed by atoms with E-state index in [4.69, 9.17) is 15.1 Å². The number of aryl methyl sites for hydroxylation is 1. The van der Waals surface area contributed by atoms with E-state index >= 15 is 0 Å². The molecule has 3 aromatic heterocycles. The van der Waals surface area contributed by atoms with Crippen LogP contribution in [0.25, 0.3) is 11.6 Å². The van der Waals surface area contributed by atoms with Gasteiger partial charge in [0.15, 0.2) is 0 Å². The lowest BCUT2D eigenvalue weighted by Crippen LogP contribution is -2.35. The Balaban J connectivity index is 1.35. The Kier molecular flexibility index (Phi) is 6.93. The summed E-state index contributed by atoms with van der Waals surface area (Å²) in [5.74, 6) is 0.658. The van der Waals surface area contributed by atoms with Crippen LogP contribution in [-0.2, 0) is 16.8 Å². The van der Waals surface area contributed by atoms with Crippen LogP contribution in [-0.4, -0.2) is 50.0 Å². The Bertz CT molecular complexity index is 1550. The van der Waals surface area contributed by atoms with Crippen molar-refractivity contribution in [2.45, 2.75) is 57.5 Å². The molecular weight excluding hydrogens is 526 g/mol. The Morgan fingerprint density at radius 2 is 1.98 bits per heavy atom. The van der Waals surface area contributed by atoms with Gasteiger partial charge in [-0.15, -0.1) is 21.5 Å². The van der Waals surface area contributed by atoms with Crippen molar-refractivity contribution < 1.29 is 14.0 Å². The van der Waals surface area contributed by atoms with Crippen LogP contribution >= 0.6 is 11.3 Å². The fourth-order valence-corrected chi connectivity index (χ4v) is 6.33. The van der Waals surface area contributed by atoms with Crippen molar-refractivity contribution in [1.82, 2.24) is 25.1 Å². The summed E-state index contributed by atoms with van der Waals surface area (Å²) in [6.45, 7) is 4.97. The van der Waals surface area contributed by atoms with E-state index in [1.165, 1.54) is 0 Å². The minimum atomic E-state index is -0.914. The quantitative estimate of drug-likeness (QED) is 0.353. The van der Waals surface area contributed by atoms with Crippen molar-refractivity contribution in [2.75, 3.05) is 18.0 Å². The molecule has 11 heteroatoms. The van der Waals surface area contributed by atoms with Crippen LogP contribution in [0.15, 0.2) is 52.3 Å². The van der Waals surface area contributed by atoms with Gasteiger partial charge < -0.3 is 15.1 Å². The van der Waals surface area contributed by atoms with Crippen LogP contribution in [0.4, 0.5) is 5.82 Å². The molecule has 40 heavy (non-hydrogen) atoms. The molecule has 2 aliphatic heterocycles. The summed E-state index contributed by atoms with van der Waals surface area (Å²) >= 11 is 1.58. The Hall–Kier alpha value is -3.96. The second kappa shape index (κ2) is 10.5. The molecule has 0 saturated carbocycles.